The van der Waals surface area contributed by atoms with Crippen LogP contribution in [0, 0.1) is 6.08 Å². The Kier molecular flexibility index (Phi) is 41.4. The summed E-state index contributed by atoms with van der Waals surface area (Å²) in [5.41, 5.74) is 1.41. The van der Waals surface area contributed by atoms with Gasteiger partial charge in [-0.25, -0.2) is 11.6 Å². The van der Waals surface area contributed by atoms with Crippen LogP contribution in [0.25, 0.3) is 0 Å². The summed E-state index contributed by atoms with van der Waals surface area (Å²) in [4.78, 5) is 6.94. The Morgan fingerprint density at radius 2 is 1.06 bits per heavy atom. The van der Waals surface area contributed by atoms with Crippen molar-refractivity contribution in [3.8, 4) is 0 Å². The molecule has 4 heteroatoms. The van der Waals surface area contributed by atoms with Crippen LogP contribution in [0.1, 0.15) is 74.1 Å². The molecule has 0 aromatic heterocycles. The Morgan fingerprint density at radius 3 is 1.24 bits per heavy atom. The van der Waals surface area contributed by atoms with Crippen LogP contribution in [0.4, 0.5) is 0 Å². The van der Waals surface area contributed by atoms with Crippen LogP contribution in [0.3, 0.4) is 0 Å². The number of hydrogen-bond donors (Lipinski definition) is 0. The second-order valence-electron chi connectivity index (χ2n) is 7.74. The maximum atomic E-state index is 3.65. The van der Waals surface area contributed by atoms with Crippen molar-refractivity contribution in [1.82, 2.24) is 14.7 Å². The maximum Gasteiger partial charge on any atom is 0.0160 e. The van der Waals surface area contributed by atoms with Crippen LogP contribution in [-0.2, 0) is 26.2 Å². The van der Waals surface area contributed by atoms with Crippen molar-refractivity contribution in [3.63, 3.8) is 0 Å². The van der Waals surface area contributed by atoms with Gasteiger partial charge in [0.2, 0.25) is 0 Å². The summed E-state index contributed by atoms with van der Waals surface area (Å²) >= 11 is 0. The normalized spacial score (nSPS) is 11.3. The molecule has 0 aliphatic heterocycles. The molecule has 0 radical (unpaired) electrons. The van der Waals surface area contributed by atoms with Crippen molar-refractivity contribution in [2.45, 2.75) is 74.1 Å². The van der Waals surface area contributed by atoms with Gasteiger partial charge in [0.25, 0.3) is 0 Å². The molecule has 0 fully saturated rings. The van der Waals surface area contributed by atoms with Crippen molar-refractivity contribution >= 4 is 0 Å². The van der Waals surface area contributed by atoms with Crippen molar-refractivity contribution in [1.29, 1.82) is 0 Å². The number of likely N-dealkylation sites (N-methyl/N-ethyl adjacent to an activating group) is 3. The van der Waals surface area contributed by atoms with Gasteiger partial charge in [0.15, 0.2) is 0 Å². The summed E-state index contributed by atoms with van der Waals surface area (Å²) in [6.45, 7) is 36.0. The minimum absolute atomic E-state index is 0. The second-order valence-corrected chi connectivity index (χ2v) is 7.74. The zero-order chi connectivity index (χ0) is 25.7. The average molecular weight is 552 g/mol. The Hall–Kier alpha value is -0.537. The second kappa shape index (κ2) is 34.6. The van der Waals surface area contributed by atoms with E-state index in [1.807, 2.05) is 18.2 Å². The summed E-state index contributed by atoms with van der Waals surface area (Å²) in [7, 11) is 0. The fourth-order valence-corrected chi connectivity index (χ4v) is 2.98. The van der Waals surface area contributed by atoms with E-state index in [9.17, 15) is 0 Å². The molecular formula is C30H58N3Zr-. The van der Waals surface area contributed by atoms with Crippen LogP contribution in [0.2, 0.25) is 0 Å². The minimum Gasteiger partial charge on any atom is -0.300 e. The van der Waals surface area contributed by atoms with Crippen molar-refractivity contribution in [2.75, 3.05) is 58.9 Å². The topological polar surface area (TPSA) is 9.72 Å². The first-order valence-electron chi connectivity index (χ1n) is 13.2. The minimum atomic E-state index is 0. The molecule has 0 spiro atoms. The van der Waals surface area contributed by atoms with E-state index in [0.29, 0.717) is 0 Å². The van der Waals surface area contributed by atoms with Gasteiger partial charge in [-0.2, -0.15) is 6.08 Å². The van der Waals surface area contributed by atoms with Crippen LogP contribution < -0.4 is 0 Å². The molecule has 1 rings (SSSR count). The van der Waals surface area contributed by atoms with Gasteiger partial charge >= 0.3 is 0 Å². The van der Waals surface area contributed by atoms with Crippen LogP contribution in [0.15, 0.2) is 55.7 Å². The molecule has 0 unspecified atom stereocenters. The van der Waals surface area contributed by atoms with E-state index < -0.39 is 0 Å². The first-order chi connectivity index (χ1) is 16.0. The molecule has 0 atom stereocenters. The van der Waals surface area contributed by atoms with Gasteiger partial charge in [0.1, 0.15) is 0 Å². The molecule has 0 aromatic carbocycles. The van der Waals surface area contributed by atoms with E-state index in [-0.39, 0.29) is 26.2 Å². The molecule has 0 amide bonds. The number of unbranched alkanes of at least 4 members (excludes halogenated alkanes) is 1. The number of hydrogen-bond acceptors (Lipinski definition) is 3. The molecule has 198 valence electrons. The molecular weight excluding hydrogens is 494 g/mol. The number of nitrogens with zero attached hydrogens (tertiary/aromatic N) is 3. The third kappa shape index (κ3) is 29.5. The summed E-state index contributed by atoms with van der Waals surface area (Å²) in [6.07, 6.45) is 18.3. The third-order valence-corrected chi connectivity index (χ3v) is 5.41. The summed E-state index contributed by atoms with van der Waals surface area (Å²) < 4.78 is 0. The van der Waals surface area contributed by atoms with Crippen molar-refractivity contribution in [3.05, 3.63) is 61.8 Å². The molecule has 34 heavy (non-hydrogen) atoms. The fraction of sp³-hybridized carbons (Fsp3) is 0.667. The molecule has 0 bridgehead atoms. The van der Waals surface area contributed by atoms with E-state index >= 15 is 0 Å². The van der Waals surface area contributed by atoms with E-state index in [4.69, 9.17) is 0 Å². The molecule has 0 saturated heterocycles. The third-order valence-electron chi connectivity index (χ3n) is 5.41. The summed E-state index contributed by atoms with van der Waals surface area (Å²) in [5, 5.41) is 0. The average Bonchev–Trinajstić information content (AvgIpc) is 3.38. The molecule has 0 aromatic rings. The van der Waals surface area contributed by atoms with E-state index in [0.717, 1.165) is 65.3 Å². The predicted octanol–water partition coefficient (Wildman–Crippen LogP) is 7.41. The predicted molar refractivity (Wildman–Crippen MR) is 154 cm³/mol. The van der Waals surface area contributed by atoms with Crippen molar-refractivity contribution < 1.29 is 26.2 Å². The van der Waals surface area contributed by atoms with Crippen molar-refractivity contribution in [2.24, 2.45) is 0 Å². The molecule has 3 nitrogen and oxygen atoms in total. The first-order valence-corrected chi connectivity index (χ1v) is 13.2. The largest absolute Gasteiger partial charge is 0.300 e. The zero-order valence-corrected chi connectivity index (χ0v) is 26.5. The Morgan fingerprint density at radius 1 is 0.706 bits per heavy atom. The summed E-state index contributed by atoms with van der Waals surface area (Å²) in [6, 6.07) is 0. The first kappa shape index (κ1) is 40.6. The Labute approximate surface area is 234 Å². The molecule has 1 aliphatic carbocycles. The number of allylic oxidation sites excluding steroid dienone is 4. The maximum absolute atomic E-state index is 3.65. The van der Waals surface area contributed by atoms with Gasteiger partial charge < -0.3 is 14.7 Å². The monoisotopic (exact) mass is 550 g/mol. The van der Waals surface area contributed by atoms with Gasteiger partial charge in [-0.1, -0.05) is 86.0 Å². The quantitative estimate of drug-likeness (QED) is 0.155. The van der Waals surface area contributed by atoms with E-state index in [1.54, 1.807) is 0 Å². The summed E-state index contributed by atoms with van der Waals surface area (Å²) in [5.74, 6) is 0. The van der Waals surface area contributed by atoms with E-state index in [2.05, 4.69) is 101 Å². The molecule has 1 aliphatic rings. The number of rotatable bonds is 15. The SMILES string of the molecule is C=CCN(CC)CC.C=CCN(CC)CC.C=CCN(CC)CC.CCCCC1=[C-]CC=C1.[Zr]. The van der Waals surface area contributed by atoms with Gasteiger partial charge in [-0.05, 0) is 39.3 Å². The zero-order valence-electron chi connectivity index (χ0n) is 24.0. The Bertz CT molecular complexity index is 431. The standard InChI is InChI=1S/C9H13.3C7H15N.Zr/c1-2-3-6-9-7-4-5-8-9;3*1-4-7-8(5-2)6-3;/h4,7H,2-3,5-6H2,1H3;3*4H,1,5-7H2,2-3H3;/q-1;;;;. The molecule has 0 heterocycles. The van der Waals surface area contributed by atoms with Crippen LogP contribution in [0.5, 0.6) is 0 Å². The smallest absolute Gasteiger partial charge is 0.0160 e. The van der Waals surface area contributed by atoms with Gasteiger partial charge in [0, 0.05) is 45.8 Å². The molecule has 0 saturated carbocycles. The van der Waals surface area contributed by atoms with E-state index in [1.165, 1.54) is 24.8 Å². The van der Waals surface area contributed by atoms with Gasteiger partial charge in [0.05, 0.1) is 0 Å². The van der Waals surface area contributed by atoms with Crippen LogP contribution >= 0.6 is 0 Å². The van der Waals surface area contributed by atoms with Crippen LogP contribution in [-0.4, -0.2) is 73.6 Å². The Balaban J connectivity index is -0.000000175. The van der Waals surface area contributed by atoms with Gasteiger partial charge in [-0.15, -0.1) is 26.2 Å². The fourth-order valence-electron chi connectivity index (χ4n) is 2.98. The molecule has 0 N–H and O–H groups in total. The van der Waals surface area contributed by atoms with Gasteiger partial charge in [-0.3, -0.25) is 6.08 Å².